The molecule has 7 aromatic rings. The van der Waals surface area contributed by atoms with Gasteiger partial charge in [-0.15, -0.1) is 0 Å². The number of para-hydroxylation sites is 7. The molecule has 4 aliphatic carbocycles. The first-order valence-corrected chi connectivity index (χ1v) is 66.6. The van der Waals surface area contributed by atoms with Crippen LogP contribution in [0.5, 0.6) is 40.2 Å². The fraction of sp³-hybridized carbons (Fsp3) is 0.659. The summed E-state index contributed by atoms with van der Waals surface area (Å²) in [6.45, 7) is 72.5. The van der Waals surface area contributed by atoms with E-state index in [1.807, 2.05) is 261 Å². The summed E-state index contributed by atoms with van der Waals surface area (Å²) in [5, 5.41) is 0. The molecule has 7 aromatic carbocycles. The Kier molecular flexibility index (Phi) is 125. The van der Waals surface area contributed by atoms with Crippen LogP contribution in [-0.4, -0.2) is 111 Å². The predicted octanol–water partition coefficient (Wildman–Crippen LogP) is 34.5. The molecule has 7 nitrogen and oxygen atoms in total. The van der Waals surface area contributed by atoms with Gasteiger partial charge >= 0.3 is 0 Å². The molecule has 0 unspecified atom stereocenters. The van der Waals surface area contributed by atoms with Crippen LogP contribution in [0.1, 0.15) is 447 Å². The second-order valence-corrected chi connectivity index (χ2v) is 45.5. The van der Waals surface area contributed by atoms with E-state index in [2.05, 4.69) is 187 Å². The van der Waals surface area contributed by atoms with Crippen LogP contribution < -0.4 is 33.2 Å². The van der Waals surface area contributed by atoms with E-state index in [0.717, 1.165) is 59.5 Å². The molecule has 14 heteroatoms. The zero-order valence-corrected chi connectivity index (χ0v) is 113. The van der Waals surface area contributed by atoms with Crippen LogP contribution in [0.25, 0.3) is 0 Å². The highest BCUT2D eigenvalue weighted by Gasteiger charge is 2.33. The molecular weight excluding hydrogens is 1790 g/mol. The Bertz CT molecular complexity index is 3070. The van der Waals surface area contributed by atoms with Crippen molar-refractivity contribution in [2.45, 2.75) is 529 Å². The molecule has 0 spiro atoms. The molecular formula is C123H238O7Si7. The van der Waals surface area contributed by atoms with Crippen LogP contribution in [0.2, 0.25) is 42.3 Å². The molecule has 0 amide bonds. The van der Waals surface area contributed by atoms with E-state index in [4.69, 9.17) is 33.2 Å². The van der Waals surface area contributed by atoms with Crippen LogP contribution >= 0.6 is 0 Å². The zero-order chi connectivity index (χ0) is 107. The Morgan fingerprint density at radius 3 is 0.489 bits per heavy atom. The zero-order valence-electron chi connectivity index (χ0n) is 99.3. The van der Waals surface area contributed by atoms with Crippen LogP contribution in [-0.2, 0) is 0 Å². The molecule has 0 radical (unpaired) electrons. The largest absolute Gasteiger partial charge is 0.488 e. The second-order valence-electron chi connectivity index (χ2n) is 38.5. The molecule has 0 N–H and O–H groups in total. The maximum Gasteiger partial charge on any atom is 0.120 e. The molecule has 137 heavy (non-hydrogen) atoms. The smallest absolute Gasteiger partial charge is 0.120 e. The van der Waals surface area contributed by atoms with E-state index in [-0.39, 0.29) is 39.2 Å². The van der Waals surface area contributed by atoms with Crippen LogP contribution in [0, 0.1) is 0 Å². The number of hydrogen-bond acceptors (Lipinski definition) is 7. The summed E-state index contributed by atoms with van der Waals surface area (Å²) in [5.74, 6) is 6.87. The maximum absolute atomic E-state index is 6.04. The van der Waals surface area contributed by atoms with Crippen LogP contribution in [0.4, 0.5) is 0 Å². The van der Waals surface area contributed by atoms with Crippen molar-refractivity contribution >= 4 is 71.7 Å². The SMILES string of the molecule is CC.CC.CC(C)(C)Oc1ccccc1.CC1(Oc2ccccc2)CCCC1.CC1(Oc2ccccc2)CCCC1.CC1(Oc2ccccc2)CCCCC1.CC1(Oc2ccccc2)CCCCC1.CCC.CCC.CCC.CCC.CCC.CCC(C)(C)Oc1ccccc1.CCCC(C)(C)Oc1ccccc1.CCC[SiH3].CCC[SiH3].CCC[SiH3].CCC[SiH3].CCC[SiH3].CCC[SiH3].CCC[SiH3]. The third kappa shape index (κ3) is 114. The fourth-order valence-corrected chi connectivity index (χ4v) is 11.5. The molecule has 4 fully saturated rings. The lowest BCUT2D eigenvalue weighted by Gasteiger charge is -2.34. The Morgan fingerprint density at radius 1 is 0.212 bits per heavy atom. The van der Waals surface area contributed by atoms with Gasteiger partial charge in [-0.25, -0.2) is 0 Å². The average Bonchev–Trinajstić information content (AvgIpc) is 1.50. The number of benzene rings is 7. The number of hydrogen-bond donors (Lipinski definition) is 0. The maximum atomic E-state index is 6.04. The molecule has 11 rings (SSSR count). The van der Waals surface area contributed by atoms with E-state index in [9.17, 15) is 0 Å². The minimum Gasteiger partial charge on any atom is -0.488 e. The monoisotopic (exact) mass is 2020 g/mol. The topological polar surface area (TPSA) is 64.6 Å². The van der Waals surface area contributed by atoms with Gasteiger partial charge < -0.3 is 33.2 Å². The second kappa shape index (κ2) is 113. The van der Waals surface area contributed by atoms with Crippen molar-refractivity contribution in [2.24, 2.45) is 0 Å². The third-order valence-electron chi connectivity index (χ3n) is 20.2. The van der Waals surface area contributed by atoms with Gasteiger partial charge in [-0.1, -0.05) is 425 Å². The van der Waals surface area contributed by atoms with Crippen LogP contribution in [0.3, 0.4) is 0 Å². The molecule has 0 aliphatic heterocycles. The Labute approximate surface area is 879 Å². The molecule has 0 heterocycles. The van der Waals surface area contributed by atoms with Gasteiger partial charge in [-0.3, -0.25) is 0 Å². The summed E-state index contributed by atoms with van der Waals surface area (Å²) < 4.78 is 41.2. The van der Waals surface area contributed by atoms with E-state index >= 15 is 0 Å². The number of ether oxygens (including phenoxy) is 7. The van der Waals surface area contributed by atoms with Gasteiger partial charge in [0.25, 0.3) is 0 Å². The molecule has 0 saturated heterocycles. The van der Waals surface area contributed by atoms with Crippen molar-refractivity contribution in [2.75, 3.05) is 0 Å². The fourth-order valence-electron chi connectivity index (χ4n) is 11.5. The van der Waals surface area contributed by atoms with E-state index in [1.165, 1.54) is 307 Å². The van der Waals surface area contributed by atoms with Crippen LogP contribution in [0.15, 0.2) is 212 Å². The third-order valence-corrected chi connectivity index (χ3v) is 27.2. The molecule has 0 atom stereocenters. The predicted molar refractivity (Wildman–Crippen MR) is 657 cm³/mol. The van der Waals surface area contributed by atoms with Gasteiger partial charge in [-0.2, -0.15) is 0 Å². The Morgan fingerprint density at radius 2 is 0.350 bits per heavy atom. The lowest BCUT2D eigenvalue weighted by atomic mass is 9.86. The molecule has 0 bridgehead atoms. The summed E-state index contributed by atoms with van der Waals surface area (Å²) in [7, 11) is 9.73. The average molecular weight is 2030 g/mol. The molecule has 800 valence electrons. The first kappa shape index (κ1) is 152. The molecule has 4 aliphatic rings. The minimum absolute atomic E-state index is 0.0455. The quantitative estimate of drug-likeness (QED) is 0.0591. The normalized spacial score (nSPS) is 13.4. The summed E-state index contributed by atoms with van der Waals surface area (Å²) in [4.78, 5) is 0. The Hall–Kier alpha value is -5.34. The summed E-state index contributed by atoms with van der Waals surface area (Å²) >= 11 is 0. The van der Waals surface area contributed by atoms with Crippen molar-refractivity contribution in [3.63, 3.8) is 0 Å². The minimum atomic E-state index is -0.0959. The van der Waals surface area contributed by atoms with Gasteiger partial charge in [0.15, 0.2) is 0 Å². The first-order chi connectivity index (χ1) is 65.5. The van der Waals surface area contributed by atoms with Gasteiger partial charge in [0.05, 0.1) is 0 Å². The highest BCUT2D eigenvalue weighted by Crippen LogP contribution is 2.37. The molecule has 0 aromatic heterocycles. The van der Waals surface area contributed by atoms with Crippen molar-refractivity contribution in [3.8, 4) is 40.2 Å². The lowest BCUT2D eigenvalue weighted by Crippen LogP contribution is -2.34. The van der Waals surface area contributed by atoms with E-state index in [0.29, 0.717) is 0 Å². The van der Waals surface area contributed by atoms with Gasteiger partial charge in [0.1, 0.15) is 79.5 Å². The first-order valence-electron chi connectivity index (χ1n) is 56.7. The van der Waals surface area contributed by atoms with E-state index in [1.54, 1.807) is 0 Å². The highest BCUT2D eigenvalue weighted by molar-refractivity contribution is 6.09. The summed E-state index contributed by atoms with van der Waals surface area (Å²) in [6.07, 6.45) is 42.0. The Balaban J connectivity index is -0.000000160. The standard InChI is InChI=1S/2C13H18O.2C12H16O.C12H18O.C11H16O.C10H14O.7C3H10Si.5C3H8.2C2H6/c2*1-13(10-6-3-7-11-13)14-12-8-4-2-5-9-12;2*1-12(9-5-6-10-12)13-11-7-3-2-4-8-11;1-4-10-12(2,3)13-11-8-6-5-7-9-11;1-4-11(2,3)12-10-8-6-5-7-9-10;1-10(2,3)11-9-7-5-4-6-8-9;7*1-2-3-4;5*1-3-2;2*1-2/h2*2,4-5,8-9H,3,6-7,10-11H2,1H3;2*2-4,7-8H,5-6,9-10H2,1H3;5-9H,4,10H2,1-3H3;5-9H,4H2,1-3H3;4-8H,1-3H3;7*2-3H2,1,4H3;5*3H2,1-2H3;2*1-2H3. The summed E-state index contributed by atoms with van der Waals surface area (Å²) in [6, 6.07) is 80.6. The molecule has 4 saturated carbocycles. The van der Waals surface area contributed by atoms with Crippen molar-refractivity contribution in [1.82, 2.24) is 0 Å². The van der Waals surface area contributed by atoms with Gasteiger partial charge in [-0.05, 0) is 277 Å². The van der Waals surface area contributed by atoms with Crippen molar-refractivity contribution in [3.05, 3.63) is 212 Å². The number of rotatable bonds is 23. The van der Waals surface area contributed by atoms with Gasteiger partial charge in [0, 0.05) is 71.7 Å². The van der Waals surface area contributed by atoms with Crippen molar-refractivity contribution in [1.29, 1.82) is 0 Å². The summed E-state index contributed by atoms with van der Waals surface area (Å²) in [5.41, 5.74) is 0.167. The van der Waals surface area contributed by atoms with Gasteiger partial charge in [0.2, 0.25) is 0 Å². The van der Waals surface area contributed by atoms with Crippen molar-refractivity contribution < 1.29 is 33.2 Å². The lowest BCUT2D eigenvalue weighted by molar-refractivity contribution is 0.0484. The van der Waals surface area contributed by atoms with E-state index < -0.39 is 0 Å². The highest BCUT2D eigenvalue weighted by atomic mass is 28.2.